The number of halogens is 1. The van der Waals surface area contributed by atoms with Crippen LogP contribution in [0.3, 0.4) is 0 Å². The Hall–Kier alpha value is -1.51. The Kier molecular flexibility index (Phi) is 3.36. The minimum atomic E-state index is -0.303. The molecule has 0 spiro atoms. The van der Waals surface area contributed by atoms with E-state index in [-0.39, 0.29) is 25.9 Å². The Morgan fingerprint density at radius 2 is 2.06 bits per heavy atom. The Morgan fingerprint density at radius 3 is 2.82 bits per heavy atom. The average molecular weight is 404 g/mol. The summed E-state index contributed by atoms with van der Waals surface area (Å²) in [5.74, 6) is -0.303. The van der Waals surface area contributed by atoms with Crippen LogP contribution in [0.2, 0.25) is 0 Å². The van der Waals surface area contributed by atoms with Crippen molar-refractivity contribution in [1.29, 1.82) is 0 Å². The van der Waals surface area contributed by atoms with Crippen LogP contribution in [0.25, 0.3) is 22.2 Å². The standard InChI is InChI=1S/C13H7FNO.Ir/c14-10-3-1-9(2-4-10)13-11-6-8-16-12(11)5-7-15-13;/h1,3-8H;/q-1;. The van der Waals surface area contributed by atoms with E-state index in [9.17, 15) is 4.39 Å². The van der Waals surface area contributed by atoms with Gasteiger partial charge < -0.3 is 9.40 Å². The topological polar surface area (TPSA) is 26.0 Å². The molecule has 1 radical (unpaired) electrons. The second-order valence-electron chi connectivity index (χ2n) is 3.41. The number of furan rings is 1. The number of benzene rings is 1. The number of rotatable bonds is 1. The summed E-state index contributed by atoms with van der Waals surface area (Å²) in [5.41, 5.74) is 2.28. The predicted octanol–water partition coefficient (Wildman–Crippen LogP) is 3.43. The quantitative estimate of drug-likeness (QED) is 0.581. The zero-order valence-corrected chi connectivity index (χ0v) is 11.0. The van der Waals surface area contributed by atoms with Crippen molar-refractivity contribution in [3.8, 4) is 11.3 Å². The van der Waals surface area contributed by atoms with E-state index in [4.69, 9.17) is 4.42 Å². The van der Waals surface area contributed by atoms with Crippen LogP contribution in [0.5, 0.6) is 0 Å². The fourth-order valence-corrected chi connectivity index (χ4v) is 1.66. The maximum atomic E-state index is 12.8. The molecule has 2 aromatic heterocycles. The van der Waals surface area contributed by atoms with E-state index >= 15 is 0 Å². The first-order valence-corrected chi connectivity index (χ1v) is 4.84. The molecule has 0 amide bonds. The van der Waals surface area contributed by atoms with Gasteiger partial charge in [0.25, 0.3) is 0 Å². The van der Waals surface area contributed by atoms with Crippen LogP contribution >= 0.6 is 0 Å². The van der Waals surface area contributed by atoms with Gasteiger partial charge in [0.05, 0.1) is 6.26 Å². The van der Waals surface area contributed by atoms with Crippen molar-refractivity contribution in [2.75, 3.05) is 0 Å². The molecule has 1 aromatic carbocycles. The van der Waals surface area contributed by atoms with E-state index in [0.29, 0.717) is 0 Å². The molecule has 0 saturated heterocycles. The van der Waals surface area contributed by atoms with Crippen molar-refractivity contribution in [3.05, 3.63) is 54.7 Å². The van der Waals surface area contributed by atoms with E-state index in [1.54, 1.807) is 24.6 Å². The van der Waals surface area contributed by atoms with Crippen molar-refractivity contribution in [2.24, 2.45) is 0 Å². The first-order chi connectivity index (χ1) is 7.84. The third-order valence-corrected chi connectivity index (χ3v) is 2.41. The molecule has 0 bridgehead atoms. The van der Waals surface area contributed by atoms with E-state index in [1.807, 2.05) is 6.07 Å². The molecule has 4 heteroatoms. The molecule has 17 heavy (non-hydrogen) atoms. The van der Waals surface area contributed by atoms with Crippen molar-refractivity contribution >= 4 is 11.0 Å². The molecular formula is C13H7FIrNO-. The number of hydrogen-bond donors (Lipinski definition) is 0. The van der Waals surface area contributed by atoms with Crippen LogP contribution in [0.4, 0.5) is 4.39 Å². The van der Waals surface area contributed by atoms with Gasteiger partial charge in [0.2, 0.25) is 0 Å². The Bertz CT molecular complexity index is 633. The number of fused-ring (bicyclic) bond motifs is 1. The van der Waals surface area contributed by atoms with E-state index in [0.717, 1.165) is 22.2 Å². The third kappa shape index (κ3) is 2.14. The molecule has 3 aromatic rings. The van der Waals surface area contributed by atoms with Crippen LogP contribution in [0.15, 0.2) is 47.2 Å². The van der Waals surface area contributed by atoms with Gasteiger partial charge in [-0.25, -0.2) is 0 Å². The van der Waals surface area contributed by atoms with Gasteiger partial charge in [-0.2, -0.15) is 0 Å². The van der Waals surface area contributed by atoms with Gasteiger partial charge in [0, 0.05) is 37.5 Å². The van der Waals surface area contributed by atoms with E-state index in [1.165, 1.54) is 12.1 Å². The normalized spacial score (nSPS) is 10.2. The van der Waals surface area contributed by atoms with Gasteiger partial charge in [0.15, 0.2) is 0 Å². The minimum absolute atomic E-state index is 0. The fourth-order valence-electron chi connectivity index (χ4n) is 1.66. The average Bonchev–Trinajstić information content (AvgIpc) is 2.78. The molecule has 2 heterocycles. The summed E-state index contributed by atoms with van der Waals surface area (Å²) in [6, 6.07) is 10.8. The summed E-state index contributed by atoms with van der Waals surface area (Å²) in [4.78, 5) is 4.27. The number of nitrogens with zero attached hydrogens (tertiary/aromatic N) is 1. The SMILES string of the molecule is Fc1c[c-]c(-c2nccc3occc23)cc1.[Ir]. The molecule has 0 atom stereocenters. The van der Waals surface area contributed by atoms with Crippen LogP contribution in [-0.2, 0) is 20.1 Å². The second kappa shape index (κ2) is 4.78. The number of pyridine rings is 1. The van der Waals surface area contributed by atoms with E-state index < -0.39 is 0 Å². The molecule has 87 valence electrons. The summed E-state index contributed by atoms with van der Waals surface area (Å²) < 4.78 is 18.1. The predicted molar refractivity (Wildman–Crippen MR) is 58.2 cm³/mol. The summed E-state index contributed by atoms with van der Waals surface area (Å²) in [6.45, 7) is 0. The van der Waals surface area contributed by atoms with Crippen molar-refractivity contribution in [2.45, 2.75) is 0 Å². The summed E-state index contributed by atoms with van der Waals surface area (Å²) >= 11 is 0. The molecule has 0 saturated carbocycles. The number of hydrogen-bond acceptors (Lipinski definition) is 2. The monoisotopic (exact) mass is 405 g/mol. The summed E-state index contributed by atoms with van der Waals surface area (Å²) in [6.07, 6.45) is 3.28. The third-order valence-electron chi connectivity index (χ3n) is 2.41. The van der Waals surface area contributed by atoms with Crippen LogP contribution in [-0.4, -0.2) is 4.98 Å². The molecule has 0 aliphatic carbocycles. The smallest absolute Gasteiger partial charge is 0.128 e. The number of aromatic nitrogens is 1. The molecule has 0 fully saturated rings. The Labute approximate surface area is 111 Å². The zero-order valence-electron chi connectivity index (χ0n) is 8.61. The van der Waals surface area contributed by atoms with Crippen LogP contribution < -0.4 is 0 Å². The maximum absolute atomic E-state index is 12.8. The first kappa shape index (κ1) is 12.0. The van der Waals surface area contributed by atoms with Gasteiger partial charge in [0.1, 0.15) is 5.58 Å². The van der Waals surface area contributed by atoms with Crippen molar-refractivity contribution in [1.82, 2.24) is 4.98 Å². The van der Waals surface area contributed by atoms with Gasteiger partial charge in [-0.1, -0.05) is 0 Å². The maximum Gasteiger partial charge on any atom is 0.128 e. The summed E-state index contributed by atoms with van der Waals surface area (Å²) in [5, 5.41) is 0.908. The van der Waals surface area contributed by atoms with Gasteiger partial charge in [-0.05, 0) is 17.8 Å². The molecule has 2 nitrogen and oxygen atoms in total. The van der Waals surface area contributed by atoms with Gasteiger partial charge >= 0.3 is 0 Å². The molecular weight excluding hydrogens is 397 g/mol. The molecule has 0 N–H and O–H groups in total. The van der Waals surface area contributed by atoms with Gasteiger partial charge in [-0.15, -0.1) is 29.8 Å². The minimum Gasteiger partial charge on any atom is -0.465 e. The fraction of sp³-hybridized carbons (Fsp3) is 0. The molecule has 0 aliphatic rings. The summed E-state index contributed by atoms with van der Waals surface area (Å²) in [7, 11) is 0. The Balaban J connectivity index is 0.00000108. The Morgan fingerprint density at radius 1 is 1.18 bits per heavy atom. The van der Waals surface area contributed by atoms with Gasteiger partial charge in [-0.3, -0.25) is 4.39 Å². The van der Waals surface area contributed by atoms with Crippen molar-refractivity contribution < 1.29 is 28.9 Å². The molecule has 0 aliphatic heterocycles. The first-order valence-electron chi connectivity index (χ1n) is 4.84. The van der Waals surface area contributed by atoms with Crippen LogP contribution in [0, 0.1) is 11.9 Å². The second-order valence-corrected chi connectivity index (χ2v) is 3.41. The molecule has 3 rings (SSSR count). The molecule has 0 unspecified atom stereocenters. The van der Waals surface area contributed by atoms with Crippen molar-refractivity contribution in [3.63, 3.8) is 0 Å². The van der Waals surface area contributed by atoms with Crippen LogP contribution in [0.1, 0.15) is 0 Å². The zero-order chi connectivity index (χ0) is 11.0. The largest absolute Gasteiger partial charge is 0.465 e. The van der Waals surface area contributed by atoms with E-state index in [2.05, 4.69) is 11.1 Å².